The van der Waals surface area contributed by atoms with Gasteiger partial charge in [0.05, 0.1) is 0 Å². The molecule has 2 N–H and O–H groups in total. The van der Waals surface area contributed by atoms with Crippen molar-refractivity contribution in [3.8, 4) is 0 Å². The number of anilines is 1. The highest BCUT2D eigenvalue weighted by atomic mass is 15.1. The quantitative estimate of drug-likeness (QED) is 0.846. The van der Waals surface area contributed by atoms with Crippen LogP contribution in [0.4, 0.5) is 5.69 Å². The predicted octanol–water partition coefficient (Wildman–Crippen LogP) is 3.52. The molecular weight excluding hydrogens is 232 g/mol. The van der Waals surface area contributed by atoms with E-state index >= 15 is 0 Å². The summed E-state index contributed by atoms with van der Waals surface area (Å²) in [6.45, 7) is 6.22. The van der Waals surface area contributed by atoms with Gasteiger partial charge in [0.1, 0.15) is 0 Å². The normalized spacial score (nSPS) is 10.9. The zero-order valence-electron chi connectivity index (χ0n) is 12.0. The summed E-state index contributed by atoms with van der Waals surface area (Å²) in [5, 5.41) is 0. The van der Waals surface area contributed by atoms with Crippen LogP contribution < -0.4 is 5.73 Å². The molecule has 0 amide bonds. The van der Waals surface area contributed by atoms with E-state index in [1.165, 1.54) is 22.3 Å². The second kappa shape index (κ2) is 5.89. The van der Waals surface area contributed by atoms with Crippen LogP contribution in [-0.4, -0.2) is 11.9 Å². The summed E-state index contributed by atoms with van der Waals surface area (Å²) >= 11 is 0. The Labute approximate surface area is 115 Å². The van der Waals surface area contributed by atoms with Crippen molar-refractivity contribution in [2.24, 2.45) is 0 Å². The SMILES string of the molecule is Cc1ccc(CN(C)Cc2ccc(N)cc2)cc1C. The fourth-order valence-corrected chi connectivity index (χ4v) is 2.20. The lowest BCUT2D eigenvalue weighted by molar-refractivity contribution is 0.319. The summed E-state index contributed by atoms with van der Waals surface area (Å²) in [6.07, 6.45) is 0. The first-order valence-corrected chi connectivity index (χ1v) is 6.63. The maximum absolute atomic E-state index is 5.70. The molecular formula is C17H22N2. The standard InChI is InChI=1S/C17H22N2/c1-13-4-5-16(10-14(13)2)12-19(3)11-15-6-8-17(18)9-7-15/h4-10H,11-12,18H2,1-3H3. The molecule has 0 saturated carbocycles. The van der Waals surface area contributed by atoms with Crippen LogP contribution in [-0.2, 0) is 13.1 Å². The van der Waals surface area contributed by atoms with Crippen molar-refractivity contribution in [3.05, 3.63) is 64.7 Å². The molecule has 0 fully saturated rings. The topological polar surface area (TPSA) is 29.3 Å². The molecule has 0 aliphatic carbocycles. The van der Waals surface area contributed by atoms with Crippen molar-refractivity contribution < 1.29 is 0 Å². The number of nitrogen functional groups attached to an aromatic ring is 1. The summed E-state index contributed by atoms with van der Waals surface area (Å²) in [4.78, 5) is 2.32. The molecule has 19 heavy (non-hydrogen) atoms. The molecule has 0 bridgehead atoms. The molecule has 2 aromatic rings. The van der Waals surface area contributed by atoms with Gasteiger partial charge in [-0.3, -0.25) is 4.90 Å². The Morgan fingerprint density at radius 3 is 2.05 bits per heavy atom. The number of hydrogen-bond donors (Lipinski definition) is 1. The summed E-state index contributed by atoms with van der Waals surface area (Å²) in [6, 6.07) is 14.8. The molecule has 0 spiro atoms. The molecule has 0 unspecified atom stereocenters. The van der Waals surface area contributed by atoms with Crippen LogP contribution in [0.15, 0.2) is 42.5 Å². The largest absolute Gasteiger partial charge is 0.399 e. The van der Waals surface area contributed by atoms with Crippen LogP contribution in [0, 0.1) is 13.8 Å². The molecule has 0 aliphatic heterocycles. The zero-order chi connectivity index (χ0) is 13.8. The Kier molecular flexibility index (Phi) is 4.23. The third-order valence-electron chi connectivity index (χ3n) is 3.46. The molecule has 0 atom stereocenters. The van der Waals surface area contributed by atoms with E-state index in [1.807, 2.05) is 12.1 Å². The van der Waals surface area contributed by atoms with Crippen molar-refractivity contribution in [1.29, 1.82) is 0 Å². The van der Waals surface area contributed by atoms with E-state index in [2.05, 4.69) is 56.1 Å². The molecule has 2 aromatic carbocycles. The van der Waals surface area contributed by atoms with Crippen molar-refractivity contribution in [1.82, 2.24) is 4.90 Å². The fourth-order valence-electron chi connectivity index (χ4n) is 2.20. The monoisotopic (exact) mass is 254 g/mol. The number of rotatable bonds is 4. The van der Waals surface area contributed by atoms with Gasteiger partial charge in [-0.25, -0.2) is 0 Å². The Balaban J connectivity index is 1.98. The van der Waals surface area contributed by atoms with E-state index in [-0.39, 0.29) is 0 Å². The average molecular weight is 254 g/mol. The van der Waals surface area contributed by atoms with E-state index in [0.717, 1.165) is 18.8 Å². The minimum atomic E-state index is 0.820. The first kappa shape index (κ1) is 13.6. The Morgan fingerprint density at radius 1 is 0.842 bits per heavy atom. The second-order valence-electron chi connectivity index (χ2n) is 5.33. The van der Waals surface area contributed by atoms with E-state index in [9.17, 15) is 0 Å². The lowest BCUT2D eigenvalue weighted by Crippen LogP contribution is -2.17. The van der Waals surface area contributed by atoms with Gasteiger partial charge in [-0.1, -0.05) is 30.3 Å². The van der Waals surface area contributed by atoms with Crippen LogP contribution in [0.5, 0.6) is 0 Å². The number of benzene rings is 2. The highest BCUT2D eigenvalue weighted by molar-refractivity contribution is 5.39. The van der Waals surface area contributed by atoms with Crippen molar-refractivity contribution >= 4 is 5.69 Å². The van der Waals surface area contributed by atoms with E-state index in [4.69, 9.17) is 5.73 Å². The van der Waals surface area contributed by atoms with Gasteiger partial charge in [-0.15, -0.1) is 0 Å². The smallest absolute Gasteiger partial charge is 0.0314 e. The van der Waals surface area contributed by atoms with E-state index < -0.39 is 0 Å². The van der Waals surface area contributed by atoms with E-state index in [0.29, 0.717) is 0 Å². The molecule has 0 aromatic heterocycles. The minimum absolute atomic E-state index is 0.820. The third-order valence-corrected chi connectivity index (χ3v) is 3.46. The highest BCUT2D eigenvalue weighted by Crippen LogP contribution is 2.13. The van der Waals surface area contributed by atoms with Gasteiger partial charge in [0.15, 0.2) is 0 Å². The van der Waals surface area contributed by atoms with Crippen LogP contribution in [0.2, 0.25) is 0 Å². The van der Waals surface area contributed by atoms with Crippen LogP contribution in [0.3, 0.4) is 0 Å². The van der Waals surface area contributed by atoms with Gasteiger partial charge >= 0.3 is 0 Å². The van der Waals surface area contributed by atoms with Crippen LogP contribution in [0.25, 0.3) is 0 Å². The molecule has 0 saturated heterocycles. The second-order valence-corrected chi connectivity index (χ2v) is 5.33. The van der Waals surface area contributed by atoms with Crippen LogP contribution >= 0.6 is 0 Å². The summed E-state index contributed by atoms with van der Waals surface area (Å²) < 4.78 is 0. The number of hydrogen-bond acceptors (Lipinski definition) is 2. The van der Waals surface area contributed by atoms with Gasteiger partial charge in [0, 0.05) is 18.8 Å². The molecule has 0 aliphatic rings. The number of aryl methyl sites for hydroxylation is 2. The van der Waals surface area contributed by atoms with Gasteiger partial charge in [-0.2, -0.15) is 0 Å². The van der Waals surface area contributed by atoms with Crippen molar-refractivity contribution in [2.45, 2.75) is 26.9 Å². The lowest BCUT2D eigenvalue weighted by Gasteiger charge is -2.17. The molecule has 2 heteroatoms. The van der Waals surface area contributed by atoms with Gasteiger partial charge < -0.3 is 5.73 Å². The average Bonchev–Trinajstić information content (AvgIpc) is 2.37. The first-order valence-electron chi connectivity index (χ1n) is 6.63. The Bertz CT molecular complexity index is 544. The summed E-state index contributed by atoms with van der Waals surface area (Å²) in [5.41, 5.74) is 11.9. The Morgan fingerprint density at radius 2 is 1.42 bits per heavy atom. The van der Waals surface area contributed by atoms with Crippen LogP contribution in [0.1, 0.15) is 22.3 Å². The maximum Gasteiger partial charge on any atom is 0.0314 e. The molecule has 2 rings (SSSR count). The molecule has 100 valence electrons. The highest BCUT2D eigenvalue weighted by Gasteiger charge is 2.03. The first-order chi connectivity index (χ1) is 9.04. The Hall–Kier alpha value is -1.80. The lowest BCUT2D eigenvalue weighted by atomic mass is 10.1. The summed E-state index contributed by atoms with van der Waals surface area (Å²) in [5.74, 6) is 0. The van der Waals surface area contributed by atoms with Crippen molar-refractivity contribution in [3.63, 3.8) is 0 Å². The number of nitrogens with two attached hydrogens (primary N) is 1. The molecule has 0 heterocycles. The fraction of sp³-hybridized carbons (Fsp3) is 0.294. The van der Waals surface area contributed by atoms with E-state index in [1.54, 1.807) is 0 Å². The zero-order valence-corrected chi connectivity index (χ0v) is 12.0. The molecule has 0 radical (unpaired) electrons. The maximum atomic E-state index is 5.70. The predicted molar refractivity (Wildman–Crippen MR) is 81.9 cm³/mol. The van der Waals surface area contributed by atoms with Gasteiger partial charge in [-0.05, 0) is 55.3 Å². The van der Waals surface area contributed by atoms with Gasteiger partial charge in [0.2, 0.25) is 0 Å². The third kappa shape index (κ3) is 3.83. The number of nitrogens with zero attached hydrogens (tertiary/aromatic N) is 1. The van der Waals surface area contributed by atoms with Crippen molar-refractivity contribution in [2.75, 3.05) is 12.8 Å². The minimum Gasteiger partial charge on any atom is -0.399 e. The van der Waals surface area contributed by atoms with Gasteiger partial charge in [0.25, 0.3) is 0 Å². The molecule has 2 nitrogen and oxygen atoms in total. The summed E-state index contributed by atoms with van der Waals surface area (Å²) in [7, 11) is 2.14.